The normalized spacial score (nSPS) is 16.4. The molecule has 21 heavy (non-hydrogen) atoms. The van der Waals surface area contributed by atoms with E-state index in [-0.39, 0.29) is 11.7 Å². The second-order valence-electron chi connectivity index (χ2n) is 4.99. The Morgan fingerprint density at radius 1 is 1.33 bits per heavy atom. The van der Waals surface area contributed by atoms with Crippen LogP contribution in [0.2, 0.25) is 0 Å². The quantitative estimate of drug-likeness (QED) is 0.892. The average molecular weight is 286 g/mol. The number of hydrogen-bond acceptors (Lipinski definition) is 3. The van der Waals surface area contributed by atoms with Gasteiger partial charge in [-0.1, -0.05) is 12.1 Å². The summed E-state index contributed by atoms with van der Waals surface area (Å²) >= 11 is 0. The number of halogens is 1. The number of benzene rings is 2. The Kier molecular flexibility index (Phi) is 3.48. The molecule has 1 aliphatic heterocycles. The molecule has 1 heterocycles. The van der Waals surface area contributed by atoms with Gasteiger partial charge >= 0.3 is 0 Å². The minimum atomic E-state index is -0.650. The highest BCUT2D eigenvalue weighted by molar-refractivity contribution is 5.95. The molecule has 3 rings (SSSR count). The van der Waals surface area contributed by atoms with Crippen LogP contribution in [-0.2, 0) is 4.79 Å². The van der Waals surface area contributed by atoms with Crippen molar-refractivity contribution in [1.82, 2.24) is 0 Å². The van der Waals surface area contributed by atoms with Gasteiger partial charge in [-0.25, -0.2) is 4.39 Å². The Balaban J connectivity index is 1.72. The first-order valence-corrected chi connectivity index (χ1v) is 6.69. The minimum absolute atomic E-state index is 0.304. The third-order valence-electron chi connectivity index (χ3n) is 3.24. The lowest BCUT2D eigenvalue weighted by Gasteiger charge is -2.26. The monoisotopic (exact) mass is 286 g/mol. The van der Waals surface area contributed by atoms with Gasteiger partial charge in [-0.15, -0.1) is 0 Å². The molecule has 0 saturated heterocycles. The van der Waals surface area contributed by atoms with E-state index in [2.05, 4.69) is 10.6 Å². The van der Waals surface area contributed by atoms with Crippen LogP contribution in [-0.4, -0.2) is 18.6 Å². The Morgan fingerprint density at radius 3 is 2.95 bits per heavy atom. The number of rotatable bonds is 2. The second kappa shape index (κ2) is 5.44. The van der Waals surface area contributed by atoms with Crippen LogP contribution in [0.3, 0.4) is 0 Å². The van der Waals surface area contributed by atoms with Gasteiger partial charge in [0, 0.05) is 5.69 Å². The van der Waals surface area contributed by atoms with E-state index in [4.69, 9.17) is 4.74 Å². The largest absolute Gasteiger partial charge is 0.477 e. The average Bonchev–Trinajstić information content (AvgIpc) is 2.45. The summed E-state index contributed by atoms with van der Waals surface area (Å²) < 4.78 is 19.0. The van der Waals surface area contributed by atoms with E-state index in [1.807, 2.05) is 18.2 Å². The molecule has 1 unspecified atom stereocenters. The molecule has 0 radical (unpaired) electrons. The maximum absolute atomic E-state index is 13.3. The number of aryl methyl sites for hydroxylation is 1. The van der Waals surface area contributed by atoms with Crippen molar-refractivity contribution in [2.24, 2.45) is 0 Å². The number of fused-ring (bicyclic) bond motifs is 1. The Bertz CT molecular complexity index is 667. The fourth-order valence-corrected chi connectivity index (χ4v) is 2.29. The zero-order valence-electron chi connectivity index (χ0n) is 11.5. The summed E-state index contributed by atoms with van der Waals surface area (Å²) in [5.74, 6) is -0.0420. The molecule has 1 atom stereocenters. The van der Waals surface area contributed by atoms with E-state index < -0.39 is 6.10 Å². The molecule has 0 bridgehead atoms. The molecule has 4 nitrogen and oxygen atoms in total. The van der Waals surface area contributed by atoms with Crippen LogP contribution in [0.4, 0.5) is 15.8 Å². The molecule has 0 aromatic heterocycles. The van der Waals surface area contributed by atoms with Crippen molar-refractivity contribution >= 4 is 17.3 Å². The van der Waals surface area contributed by atoms with E-state index in [0.29, 0.717) is 18.0 Å². The fourth-order valence-electron chi connectivity index (χ4n) is 2.29. The molecule has 0 spiro atoms. The number of hydrogen-bond donors (Lipinski definition) is 2. The predicted octanol–water partition coefficient (Wildman–Crippen LogP) is 2.95. The summed E-state index contributed by atoms with van der Waals surface area (Å²) in [6.07, 6.45) is -0.650. The molecule has 0 saturated carbocycles. The first-order chi connectivity index (χ1) is 10.1. The molecule has 0 fully saturated rings. The van der Waals surface area contributed by atoms with Gasteiger partial charge in [-0.2, -0.15) is 0 Å². The molecule has 2 N–H and O–H groups in total. The van der Waals surface area contributed by atoms with E-state index in [1.165, 1.54) is 12.1 Å². The minimum Gasteiger partial charge on any atom is -0.477 e. The highest BCUT2D eigenvalue weighted by Gasteiger charge is 2.25. The van der Waals surface area contributed by atoms with Gasteiger partial charge < -0.3 is 15.4 Å². The van der Waals surface area contributed by atoms with Crippen LogP contribution >= 0.6 is 0 Å². The SMILES string of the molecule is Cc1cc(F)cc(NC(=O)C2CNc3ccccc3O2)c1. The maximum atomic E-state index is 13.3. The van der Waals surface area contributed by atoms with Gasteiger partial charge in [-0.3, -0.25) is 4.79 Å². The zero-order chi connectivity index (χ0) is 14.8. The summed E-state index contributed by atoms with van der Waals surface area (Å²) in [5.41, 5.74) is 2.04. The standard InChI is InChI=1S/C16H15FN2O2/c1-10-6-11(17)8-12(7-10)19-16(20)15-9-18-13-4-2-3-5-14(13)21-15/h2-8,15,18H,9H2,1H3,(H,19,20). The predicted molar refractivity (Wildman–Crippen MR) is 79.1 cm³/mol. The van der Waals surface area contributed by atoms with Crippen LogP contribution in [0.25, 0.3) is 0 Å². The second-order valence-corrected chi connectivity index (χ2v) is 4.99. The molecule has 108 valence electrons. The number of carbonyl (C=O) groups excluding carboxylic acids is 1. The van der Waals surface area contributed by atoms with E-state index >= 15 is 0 Å². The first-order valence-electron chi connectivity index (χ1n) is 6.69. The molecule has 2 aromatic rings. The lowest BCUT2D eigenvalue weighted by molar-refractivity contribution is -0.122. The Labute approximate surface area is 121 Å². The number of ether oxygens (including phenoxy) is 1. The molecular weight excluding hydrogens is 271 g/mol. The lowest BCUT2D eigenvalue weighted by atomic mass is 10.2. The van der Waals surface area contributed by atoms with Gasteiger partial charge in [0.05, 0.1) is 12.2 Å². The van der Waals surface area contributed by atoms with Gasteiger partial charge in [0.1, 0.15) is 11.6 Å². The van der Waals surface area contributed by atoms with Crippen molar-refractivity contribution < 1.29 is 13.9 Å². The molecule has 2 aromatic carbocycles. The van der Waals surface area contributed by atoms with Gasteiger partial charge in [0.15, 0.2) is 6.10 Å². The molecule has 5 heteroatoms. The highest BCUT2D eigenvalue weighted by atomic mass is 19.1. The third-order valence-corrected chi connectivity index (χ3v) is 3.24. The van der Waals surface area contributed by atoms with Crippen molar-refractivity contribution in [1.29, 1.82) is 0 Å². The number of amides is 1. The van der Waals surface area contributed by atoms with Crippen molar-refractivity contribution in [2.75, 3.05) is 17.2 Å². The summed E-state index contributed by atoms with van der Waals surface area (Å²) in [5, 5.41) is 5.82. The van der Waals surface area contributed by atoms with Crippen molar-refractivity contribution in [3.05, 3.63) is 53.8 Å². The summed E-state index contributed by atoms with van der Waals surface area (Å²) in [6, 6.07) is 11.8. The van der Waals surface area contributed by atoms with E-state index in [9.17, 15) is 9.18 Å². The van der Waals surface area contributed by atoms with Gasteiger partial charge in [-0.05, 0) is 42.8 Å². The summed E-state index contributed by atoms with van der Waals surface area (Å²) in [7, 11) is 0. The van der Waals surface area contributed by atoms with E-state index in [1.54, 1.807) is 19.1 Å². The molecular formula is C16H15FN2O2. The topological polar surface area (TPSA) is 50.4 Å². The molecule has 0 aliphatic carbocycles. The maximum Gasteiger partial charge on any atom is 0.267 e. The van der Waals surface area contributed by atoms with Crippen LogP contribution in [0.1, 0.15) is 5.56 Å². The number of nitrogens with one attached hydrogen (secondary N) is 2. The Morgan fingerprint density at radius 2 is 2.14 bits per heavy atom. The van der Waals surface area contributed by atoms with Crippen LogP contribution < -0.4 is 15.4 Å². The van der Waals surface area contributed by atoms with E-state index in [0.717, 1.165) is 11.3 Å². The van der Waals surface area contributed by atoms with Crippen molar-refractivity contribution in [2.45, 2.75) is 13.0 Å². The molecule has 1 aliphatic rings. The first kappa shape index (κ1) is 13.4. The highest BCUT2D eigenvalue weighted by Crippen LogP contribution is 2.28. The number of para-hydroxylation sites is 2. The van der Waals surface area contributed by atoms with Gasteiger partial charge in [0.2, 0.25) is 0 Å². The van der Waals surface area contributed by atoms with Gasteiger partial charge in [0.25, 0.3) is 5.91 Å². The van der Waals surface area contributed by atoms with Crippen molar-refractivity contribution in [3.8, 4) is 5.75 Å². The fraction of sp³-hybridized carbons (Fsp3) is 0.188. The third kappa shape index (κ3) is 2.97. The smallest absolute Gasteiger partial charge is 0.267 e. The number of carbonyl (C=O) groups is 1. The zero-order valence-corrected chi connectivity index (χ0v) is 11.5. The molecule has 1 amide bonds. The van der Waals surface area contributed by atoms with Crippen LogP contribution in [0.5, 0.6) is 5.75 Å². The van der Waals surface area contributed by atoms with Crippen molar-refractivity contribution in [3.63, 3.8) is 0 Å². The Hall–Kier alpha value is -2.56. The number of anilines is 2. The van der Waals surface area contributed by atoms with Crippen LogP contribution in [0, 0.1) is 12.7 Å². The summed E-state index contributed by atoms with van der Waals surface area (Å²) in [4.78, 5) is 12.2. The van der Waals surface area contributed by atoms with Crippen LogP contribution in [0.15, 0.2) is 42.5 Å². The lowest BCUT2D eigenvalue weighted by Crippen LogP contribution is -2.41. The summed E-state index contributed by atoms with van der Waals surface area (Å²) in [6.45, 7) is 2.14.